The van der Waals surface area contributed by atoms with Crippen molar-refractivity contribution in [2.45, 2.75) is 39.8 Å². The maximum Gasteiger partial charge on any atom is 0.407 e. The Bertz CT molecular complexity index is 889. The highest BCUT2D eigenvalue weighted by atomic mass is 16.6. The van der Waals surface area contributed by atoms with Gasteiger partial charge in [0.2, 0.25) is 11.9 Å². The van der Waals surface area contributed by atoms with Crippen LogP contribution in [0.1, 0.15) is 32.2 Å². The number of carbonyl (C=O) groups is 1. The number of aliphatic imine (C=N–C) groups is 2. The molecule has 0 fully saturated rings. The maximum atomic E-state index is 11.8. The first-order chi connectivity index (χ1) is 13.0. The maximum absolute atomic E-state index is 11.8. The van der Waals surface area contributed by atoms with E-state index >= 15 is 0 Å². The van der Waals surface area contributed by atoms with Gasteiger partial charge in [0, 0.05) is 5.56 Å². The van der Waals surface area contributed by atoms with Crippen LogP contribution in [0.2, 0.25) is 0 Å². The highest BCUT2D eigenvalue weighted by Gasteiger charge is 2.17. The van der Waals surface area contributed by atoms with Crippen LogP contribution in [0.5, 0.6) is 0 Å². The zero-order valence-corrected chi connectivity index (χ0v) is 16.3. The zero-order chi connectivity index (χ0) is 20.9. The number of hydrogen-bond acceptors (Lipinski definition) is 5. The number of nitrogens with zero attached hydrogens (tertiary/aromatic N) is 3. The monoisotopic (exact) mass is 387 g/mol. The summed E-state index contributed by atoms with van der Waals surface area (Å²) in [6.07, 6.45) is -0.517. The van der Waals surface area contributed by atoms with Gasteiger partial charge in [-0.05, 0) is 52.0 Å². The lowest BCUT2D eigenvalue weighted by atomic mass is 10.2. The molecule has 0 atom stereocenters. The number of rotatable bonds is 4. The minimum atomic E-state index is -0.567. The molecule has 2 rings (SSSR count). The number of nitrogens with one attached hydrogen (secondary N) is 1. The van der Waals surface area contributed by atoms with Gasteiger partial charge in [0.1, 0.15) is 17.1 Å². The summed E-state index contributed by atoms with van der Waals surface area (Å²) in [6, 6.07) is 7.00. The van der Waals surface area contributed by atoms with E-state index in [1.807, 2.05) is 0 Å². The normalized spacial score (nSPS) is 11.8. The number of hydrogen-bond donors (Lipinski definition) is 4. The number of carbonyl (C=O) groups excluding carboxylic acids is 1. The van der Waals surface area contributed by atoms with Crippen LogP contribution in [-0.2, 0) is 11.3 Å². The molecule has 0 spiro atoms. The molecular formula is C18H25N7O3. The van der Waals surface area contributed by atoms with E-state index in [4.69, 9.17) is 26.4 Å². The Kier molecular flexibility index (Phi) is 6.24. The van der Waals surface area contributed by atoms with Gasteiger partial charge in [-0.1, -0.05) is 0 Å². The molecule has 150 valence electrons. The van der Waals surface area contributed by atoms with E-state index in [1.165, 1.54) is 0 Å². The van der Waals surface area contributed by atoms with Crippen molar-refractivity contribution < 1.29 is 13.9 Å². The Morgan fingerprint density at radius 1 is 1.21 bits per heavy atom. The van der Waals surface area contributed by atoms with Gasteiger partial charge in [-0.25, -0.2) is 14.8 Å². The van der Waals surface area contributed by atoms with Crippen LogP contribution in [0.3, 0.4) is 0 Å². The SMILES string of the molecule is Cc1oc(-c2ccc(N=C(N)N=C(N)N)cc2)nc1CNC(=O)OC(C)(C)C. The molecule has 1 aromatic heterocycles. The van der Waals surface area contributed by atoms with E-state index in [0.29, 0.717) is 23.0 Å². The summed E-state index contributed by atoms with van der Waals surface area (Å²) in [5.74, 6) is 0.812. The molecule has 1 amide bonds. The number of oxazole rings is 1. The van der Waals surface area contributed by atoms with E-state index in [9.17, 15) is 4.79 Å². The van der Waals surface area contributed by atoms with Crippen LogP contribution < -0.4 is 22.5 Å². The Hall–Kier alpha value is -3.56. The van der Waals surface area contributed by atoms with Crippen LogP contribution in [0.25, 0.3) is 11.5 Å². The molecule has 2 aromatic rings. The lowest BCUT2D eigenvalue weighted by Crippen LogP contribution is -2.32. The molecule has 0 saturated carbocycles. The predicted octanol–water partition coefficient (Wildman–Crippen LogP) is 1.89. The highest BCUT2D eigenvalue weighted by molar-refractivity contribution is 5.93. The van der Waals surface area contributed by atoms with Crippen LogP contribution in [-0.4, -0.2) is 28.6 Å². The van der Waals surface area contributed by atoms with Gasteiger partial charge < -0.3 is 31.7 Å². The van der Waals surface area contributed by atoms with Gasteiger partial charge >= 0.3 is 6.09 Å². The molecule has 0 aliphatic rings. The largest absolute Gasteiger partial charge is 0.444 e. The lowest BCUT2D eigenvalue weighted by molar-refractivity contribution is 0.0523. The highest BCUT2D eigenvalue weighted by Crippen LogP contribution is 2.24. The summed E-state index contributed by atoms with van der Waals surface area (Å²) in [5, 5.41) is 2.66. The first kappa shape index (κ1) is 20.7. The number of ether oxygens (including phenoxy) is 1. The van der Waals surface area contributed by atoms with Gasteiger partial charge in [-0.2, -0.15) is 4.99 Å². The van der Waals surface area contributed by atoms with Crippen LogP contribution >= 0.6 is 0 Å². The number of benzene rings is 1. The number of guanidine groups is 2. The van der Waals surface area contributed by atoms with Crippen molar-refractivity contribution in [1.29, 1.82) is 0 Å². The van der Waals surface area contributed by atoms with E-state index in [-0.39, 0.29) is 18.5 Å². The molecule has 0 bridgehead atoms. The molecule has 10 heteroatoms. The fraction of sp³-hybridized carbons (Fsp3) is 0.333. The van der Waals surface area contributed by atoms with Crippen LogP contribution in [0, 0.1) is 6.92 Å². The molecule has 10 nitrogen and oxygen atoms in total. The van der Waals surface area contributed by atoms with E-state index in [0.717, 1.165) is 5.56 Å². The fourth-order valence-corrected chi connectivity index (χ4v) is 2.15. The minimum Gasteiger partial charge on any atom is -0.444 e. The summed E-state index contributed by atoms with van der Waals surface area (Å²) in [4.78, 5) is 23.9. The number of alkyl carbamates (subject to hydrolysis) is 1. The summed E-state index contributed by atoms with van der Waals surface area (Å²) < 4.78 is 10.9. The first-order valence-electron chi connectivity index (χ1n) is 8.51. The molecule has 1 heterocycles. The Morgan fingerprint density at radius 3 is 2.43 bits per heavy atom. The number of aromatic nitrogens is 1. The Labute approximate surface area is 162 Å². The number of aryl methyl sites for hydroxylation is 1. The van der Waals surface area contributed by atoms with Crippen molar-refractivity contribution in [2.24, 2.45) is 27.2 Å². The second kappa shape index (κ2) is 8.42. The van der Waals surface area contributed by atoms with Crippen LogP contribution in [0.15, 0.2) is 38.7 Å². The number of nitrogens with two attached hydrogens (primary N) is 3. The third-order valence-electron chi connectivity index (χ3n) is 3.29. The predicted molar refractivity (Wildman–Crippen MR) is 107 cm³/mol. The quantitative estimate of drug-likeness (QED) is 0.459. The van der Waals surface area contributed by atoms with Gasteiger partial charge in [0.15, 0.2) is 5.96 Å². The van der Waals surface area contributed by atoms with Gasteiger partial charge in [-0.3, -0.25) is 0 Å². The van der Waals surface area contributed by atoms with Crippen molar-refractivity contribution in [3.05, 3.63) is 35.7 Å². The average Bonchev–Trinajstić information content (AvgIpc) is 2.92. The van der Waals surface area contributed by atoms with Gasteiger partial charge in [0.25, 0.3) is 0 Å². The third-order valence-corrected chi connectivity index (χ3v) is 3.29. The molecule has 0 unspecified atom stereocenters. The molecule has 0 aliphatic carbocycles. The lowest BCUT2D eigenvalue weighted by Gasteiger charge is -2.19. The van der Waals surface area contributed by atoms with Crippen molar-refractivity contribution >= 4 is 23.7 Å². The smallest absolute Gasteiger partial charge is 0.407 e. The van der Waals surface area contributed by atoms with E-state index < -0.39 is 11.7 Å². The number of amides is 1. The van der Waals surface area contributed by atoms with Gasteiger partial charge in [0.05, 0.1) is 12.2 Å². The molecule has 0 aliphatic heterocycles. The first-order valence-corrected chi connectivity index (χ1v) is 8.51. The zero-order valence-electron chi connectivity index (χ0n) is 16.3. The molecule has 28 heavy (non-hydrogen) atoms. The fourth-order valence-electron chi connectivity index (χ4n) is 2.15. The molecular weight excluding hydrogens is 362 g/mol. The summed E-state index contributed by atoms with van der Waals surface area (Å²) >= 11 is 0. The second-order valence-electron chi connectivity index (χ2n) is 6.93. The van der Waals surface area contributed by atoms with Gasteiger partial charge in [-0.15, -0.1) is 0 Å². The average molecular weight is 387 g/mol. The topological polar surface area (TPSA) is 167 Å². The molecule has 1 aromatic carbocycles. The third kappa shape index (κ3) is 6.31. The van der Waals surface area contributed by atoms with E-state index in [2.05, 4.69) is 20.3 Å². The molecule has 0 saturated heterocycles. The standard InChI is InChI=1S/C18H25N7O3/c1-10-13(9-22-17(26)28-18(2,3)4)24-14(27-10)11-5-7-12(8-6-11)23-16(21)25-15(19)20/h5-8H,9H2,1-4H3,(H,22,26)(H6,19,20,21,23,25). The van der Waals surface area contributed by atoms with E-state index in [1.54, 1.807) is 52.0 Å². The van der Waals surface area contributed by atoms with Crippen molar-refractivity contribution in [1.82, 2.24) is 10.3 Å². The molecule has 7 N–H and O–H groups in total. The Balaban J connectivity index is 2.08. The van der Waals surface area contributed by atoms with Crippen molar-refractivity contribution in [3.8, 4) is 11.5 Å². The van der Waals surface area contributed by atoms with Crippen molar-refractivity contribution in [2.75, 3.05) is 0 Å². The summed E-state index contributed by atoms with van der Waals surface area (Å²) in [7, 11) is 0. The van der Waals surface area contributed by atoms with Crippen molar-refractivity contribution in [3.63, 3.8) is 0 Å². The van der Waals surface area contributed by atoms with Crippen LogP contribution in [0.4, 0.5) is 10.5 Å². The summed E-state index contributed by atoms with van der Waals surface area (Å²) in [6.45, 7) is 7.36. The summed E-state index contributed by atoms with van der Waals surface area (Å²) in [5.41, 5.74) is 17.5. The second-order valence-corrected chi connectivity index (χ2v) is 6.93. The Morgan fingerprint density at radius 2 is 1.86 bits per heavy atom. The molecule has 0 radical (unpaired) electrons. The minimum absolute atomic E-state index is 0.0461.